The van der Waals surface area contributed by atoms with Crippen LogP contribution < -0.4 is 5.43 Å². The van der Waals surface area contributed by atoms with Crippen molar-refractivity contribution in [3.63, 3.8) is 0 Å². The van der Waals surface area contributed by atoms with Gasteiger partial charge in [-0.05, 0) is 27.7 Å². The smallest absolute Gasteiger partial charge is 0.429 e. The van der Waals surface area contributed by atoms with Gasteiger partial charge < -0.3 is 14.6 Å². The Morgan fingerprint density at radius 1 is 1.50 bits per heavy atom. The largest absolute Gasteiger partial charge is 0.462 e. The number of nitrogens with zero attached hydrogens (tertiary/aromatic N) is 1. The van der Waals surface area contributed by atoms with Crippen molar-refractivity contribution in [2.75, 3.05) is 6.61 Å². The number of hydrogen-bond donors (Lipinski definition) is 2. The van der Waals surface area contributed by atoms with Gasteiger partial charge in [0.05, 0.1) is 12.2 Å². The molecule has 1 amide bonds. The predicted molar refractivity (Wildman–Crippen MR) is 61.9 cm³/mol. The van der Waals surface area contributed by atoms with Gasteiger partial charge in [0.25, 0.3) is 0 Å². The highest BCUT2D eigenvalue weighted by Gasteiger charge is 2.33. The lowest BCUT2D eigenvalue weighted by atomic mass is 10.2. The molecular weight excluding hydrogens is 240 g/mol. The summed E-state index contributed by atoms with van der Waals surface area (Å²) in [6, 6.07) is 0. The highest BCUT2D eigenvalue weighted by molar-refractivity contribution is 5.90. The average Bonchev–Trinajstić information content (AvgIpc) is 2.58. The summed E-state index contributed by atoms with van der Waals surface area (Å²) in [5.74, 6) is -0.677. The molecule has 0 aromatic heterocycles. The summed E-state index contributed by atoms with van der Waals surface area (Å²) in [7, 11) is 0. The van der Waals surface area contributed by atoms with E-state index in [1.807, 2.05) is 0 Å². The molecule has 102 valence electrons. The molecule has 0 radical (unpaired) electrons. The minimum Gasteiger partial charge on any atom is -0.462 e. The number of rotatable bonds is 2. The Labute approximate surface area is 105 Å². The lowest BCUT2D eigenvalue weighted by Crippen LogP contribution is -2.43. The summed E-state index contributed by atoms with van der Waals surface area (Å²) in [4.78, 5) is 23.1. The SMILES string of the molecule is CCOC(=O)C1=CN(C(=O)OC(C)(C)C)NC1O. The second-order valence-corrected chi connectivity index (χ2v) is 4.69. The minimum absolute atomic E-state index is 0.0392. The van der Waals surface area contributed by atoms with Crippen LogP contribution in [-0.2, 0) is 14.3 Å². The van der Waals surface area contributed by atoms with E-state index in [9.17, 15) is 14.7 Å². The van der Waals surface area contributed by atoms with Crippen molar-refractivity contribution in [1.82, 2.24) is 10.4 Å². The normalized spacial score (nSPS) is 19.5. The maximum Gasteiger partial charge on any atom is 0.429 e. The van der Waals surface area contributed by atoms with Crippen molar-refractivity contribution in [3.05, 3.63) is 11.8 Å². The molecule has 0 aromatic carbocycles. The van der Waals surface area contributed by atoms with Gasteiger partial charge in [-0.1, -0.05) is 0 Å². The standard InChI is InChI=1S/C11H18N2O5/c1-5-17-9(15)7-6-13(12-8(7)14)10(16)18-11(2,3)4/h6,8,12,14H,5H2,1-4H3. The summed E-state index contributed by atoms with van der Waals surface area (Å²) in [5.41, 5.74) is 1.68. The van der Waals surface area contributed by atoms with Gasteiger partial charge in [-0.15, -0.1) is 0 Å². The van der Waals surface area contributed by atoms with Crippen LogP contribution in [0.25, 0.3) is 0 Å². The molecule has 0 aromatic rings. The van der Waals surface area contributed by atoms with Crippen molar-refractivity contribution in [3.8, 4) is 0 Å². The zero-order valence-corrected chi connectivity index (χ0v) is 10.9. The topological polar surface area (TPSA) is 88.1 Å². The van der Waals surface area contributed by atoms with Crippen molar-refractivity contribution in [1.29, 1.82) is 0 Å². The molecular formula is C11H18N2O5. The Balaban J connectivity index is 2.71. The predicted octanol–water partition coefficient (Wildman–Crippen LogP) is 0.507. The van der Waals surface area contributed by atoms with E-state index in [4.69, 9.17) is 9.47 Å². The molecule has 0 saturated heterocycles. The van der Waals surface area contributed by atoms with Crippen molar-refractivity contribution in [2.45, 2.75) is 39.5 Å². The highest BCUT2D eigenvalue weighted by Crippen LogP contribution is 2.16. The average molecular weight is 258 g/mol. The second kappa shape index (κ2) is 5.36. The number of hydrogen-bond acceptors (Lipinski definition) is 6. The van der Waals surface area contributed by atoms with Gasteiger partial charge in [-0.2, -0.15) is 5.43 Å². The molecule has 0 bridgehead atoms. The van der Waals surface area contributed by atoms with Crippen LogP contribution in [0.1, 0.15) is 27.7 Å². The zero-order valence-electron chi connectivity index (χ0n) is 10.9. The van der Waals surface area contributed by atoms with Crippen molar-refractivity contribution in [2.24, 2.45) is 0 Å². The van der Waals surface area contributed by atoms with Gasteiger partial charge in [0.1, 0.15) is 5.60 Å². The van der Waals surface area contributed by atoms with E-state index in [1.165, 1.54) is 0 Å². The summed E-state index contributed by atoms with van der Waals surface area (Å²) < 4.78 is 9.81. The molecule has 0 spiro atoms. The molecule has 18 heavy (non-hydrogen) atoms. The number of carbonyl (C=O) groups excluding carboxylic acids is 2. The maximum absolute atomic E-state index is 11.7. The third-order valence-electron chi connectivity index (χ3n) is 1.93. The zero-order chi connectivity index (χ0) is 13.9. The van der Waals surface area contributed by atoms with Gasteiger partial charge >= 0.3 is 12.1 Å². The number of aliphatic hydroxyl groups is 1. The summed E-state index contributed by atoms with van der Waals surface area (Å²) >= 11 is 0. The quantitative estimate of drug-likeness (QED) is 0.701. The molecule has 0 aliphatic carbocycles. The molecule has 1 heterocycles. The Kier molecular flexibility index (Phi) is 4.31. The summed E-state index contributed by atoms with van der Waals surface area (Å²) in [5, 5.41) is 10.5. The van der Waals surface area contributed by atoms with E-state index in [0.717, 1.165) is 11.2 Å². The fourth-order valence-corrected chi connectivity index (χ4v) is 1.24. The number of hydrazine groups is 1. The number of aliphatic hydroxyl groups excluding tert-OH is 1. The van der Waals surface area contributed by atoms with Crippen molar-refractivity contribution >= 4 is 12.1 Å². The lowest BCUT2D eigenvalue weighted by Gasteiger charge is -2.23. The summed E-state index contributed by atoms with van der Waals surface area (Å²) in [6.07, 6.45) is -0.825. The highest BCUT2D eigenvalue weighted by atomic mass is 16.6. The molecule has 1 atom stereocenters. The third kappa shape index (κ3) is 3.71. The number of esters is 1. The molecule has 1 unspecified atom stereocenters. The van der Waals surface area contributed by atoms with Crippen LogP contribution in [-0.4, -0.2) is 40.6 Å². The molecule has 2 N–H and O–H groups in total. The Bertz CT molecular complexity index is 372. The van der Waals surface area contributed by atoms with E-state index in [0.29, 0.717) is 0 Å². The maximum atomic E-state index is 11.7. The first kappa shape index (κ1) is 14.5. The van der Waals surface area contributed by atoms with E-state index in [1.54, 1.807) is 27.7 Å². The monoisotopic (exact) mass is 258 g/mol. The van der Waals surface area contributed by atoms with Gasteiger partial charge in [0, 0.05) is 6.20 Å². The molecule has 7 heteroatoms. The number of ether oxygens (including phenoxy) is 2. The Morgan fingerprint density at radius 2 is 2.11 bits per heavy atom. The second-order valence-electron chi connectivity index (χ2n) is 4.69. The van der Waals surface area contributed by atoms with Crippen LogP contribution in [0.5, 0.6) is 0 Å². The van der Waals surface area contributed by atoms with Crippen molar-refractivity contribution < 1.29 is 24.2 Å². The van der Waals surface area contributed by atoms with Crippen LogP contribution in [0, 0.1) is 0 Å². The first-order valence-corrected chi connectivity index (χ1v) is 5.60. The van der Waals surface area contributed by atoms with Gasteiger partial charge in [-0.25, -0.2) is 14.6 Å². The van der Waals surface area contributed by atoms with E-state index < -0.39 is 23.9 Å². The van der Waals surface area contributed by atoms with E-state index in [-0.39, 0.29) is 12.2 Å². The number of nitrogens with one attached hydrogen (secondary N) is 1. The molecule has 7 nitrogen and oxygen atoms in total. The fourth-order valence-electron chi connectivity index (χ4n) is 1.24. The Hall–Kier alpha value is -1.60. The summed E-state index contributed by atoms with van der Waals surface area (Å²) in [6.45, 7) is 6.99. The number of amides is 1. The van der Waals surface area contributed by atoms with Crippen LogP contribution in [0.2, 0.25) is 0 Å². The fraction of sp³-hybridized carbons (Fsp3) is 0.636. The van der Waals surface area contributed by atoms with Crippen LogP contribution in [0.15, 0.2) is 11.8 Å². The van der Waals surface area contributed by atoms with Crippen LogP contribution in [0.3, 0.4) is 0 Å². The van der Waals surface area contributed by atoms with Crippen LogP contribution in [0.4, 0.5) is 4.79 Å². The molecule has 1 aliphatic rings. The third-order valence-corrected chi connectivity index (χ3v) is 1.93. The first-order chi connectivity index (χ1) is 8.24. The van der Waals surface area contributed by atoms with Gasteiger partial charge in [0.15, 0.2) is 6.23 Å². The molecule has 0 fully saturated rings. The molecule has 1 rings (SSSR count). The van der Waals surface area contributed by atoms with Crippen LogP contribution >= 0.6 is 0 Å². The molecule has 0 saturated carbocycles. The van der Waals surface area contributed by atoms with E-state index in [2.05, 4.69) is 5.43 Å². The Morgan fingerprint density at radius 3 is 2.61 bits per heavy atom. The molecule has 1 aliphatic heterocycles. The van der Waals surface area contributed by atoms with Gasteiger partial charge in [-0.3, -0.25) is 0 Å². The van der Waals surface area contributed by atoms with E-state index >= 15 is 0 Å². The first-order valence-electron chi connectivity index (χ1n) is 5.60. The number of carbonyl (C=O) groups is 2. The lowest BCUT2D eigenvalue weighted by molar-refractivity contribution is -0.139. The minimum atomic E-state index is -1.28. The van der Waals surface area contributed by atoms with Gasteiger partial charge in [0.2, 0.25) is 0 Å².